The molecule has 7 heteroatoms. The van der Waals surface area contributed by atoms with E-state index in [0.717, 1.165) is 18.2 Å². The summed E-state index contributed by atoms with van der Waals surface area (Å²) in [5.41, 5.74) is 0.292. The van der Waals surface area contributed by atoms with Crippen LogP contribution in [0.1, 0.15) is 10.4 Å². The smallest absolute Gasteiger partial charge is 0.255 e. The summed E-state index contributed by atoms with van der Waals surface area (Å²) in [6, 6.07) is 6.01. The second kappa shape index (κ2) is 6.41. The van der Waals surface area contributed by atoms with Crippen molar-refractivity contribution in [2.75, 3.05) is 12.4 Å². The molecule has 0 bridgehead atoms. The molecule has 2 aromatic carbocycles. The van der Waals surface area contributed by atoms with E-state index in [4.69, 9.17) is 16.3 Å². The number of hydrogen-bond donors (Lipinski definition) is 1. The SMILES string of the molecule is COc1ccc(C(=O)Nc2c(Cl)cc(F)cc2Br)cc1F. The Morgan fingerprint density at radius 2 is 2.00 bits per heavy atom. The molecule has 0 spiro atoms. The number of benzene rings is 2. The zero-order chi connectivity index (χ0) is 15.6. The lowest BCUT2D eigenvalue weighted by Crippen LogP contribution is -2.13. The first-order valence-corrected chi connectivity index (χ1v) is 6.89. The highest BCUT2D eigenvalue weighted by Crippen LogP contribution is 2.32. The Labute approximate surface area is 133 Å². The van der Waals surface area contributed by atoms with Gasteiger partial charge in [0.2, 0.25) is 0 Å². The predicted molar refractivity (Wildman–Crippen MR) is 80.0 cm³/mol. The minimum absolute atomic E-state index is 0.0317. The molecule has 110 valence electrons. The van der Waals surface area contributed by atoms with Crippen LogP contribution in [0.15, 0.2) is 34.8 Å². The summed E-state index contributed by atoms with van der Waals surface area (Å²) in [5, 5.41) is 2.53. The molecule has 2 rings (SSSR count). The lowest BCUT2D eigenvalue weighted by molar-refractivity contribution is 0.102. The topological polar surface area (TPSA) is 38.3 Å². The molecule has 0 aliphatic rings. The van der Waals surface area contributed by atoms with Gasteiger partial charge in [-0.3, -0.25) is 4.79 Å². The van der Waals surface area contributed by atoms with Crippen LogP contribution < -0.4 is 10.1 Å². The highest BCUT2D eigenvalue weighted by atomic mass is 79.9. The first-order chi connectivity index (χ1) is 9.92. The van der Waals surface area contributed by atoms with Crippen molar-refractivity contribution in [1.29, 1.82) is 0 Å². The van der Waals surface area contributed by atoms with Gasteiger partial charge < -0.3 is 10.1 Å². The molecule has 0 aliphatic carbocycles. The average Bonchev–Trinajstić information content (AvgIpc) is 2.42. The quantitative estimate of drug-likeness (QED) is 0.847. The van der Waals surface area contributed by atoms with Crippen LogP contribution in [0.2, 0.25) is 5.02 Å². The molecule has 1 N–H and O–H groups in total. The maximum Gasteiger partial charge on any atom is 0.255 e. The second-order valence-electron chi connectivity index (χ2n) is 4.05. The molecule has 0 saturated heterocycles. The zero-order valence-corrected chi connectivity index (χ0v) is 13.1. The lowest BCUT2D eigenvalue weighted by atomic mass is 10.2. The van der Waals surface area contributed by atoms with Gasteiger partial charge in [-0.25, -0.2) is 8.78 Å². The average molecular weight is 377 g/mol. The van der Waals surface area contributed by atoms with E-state index >= 15 is 0 Å². The summed E-state index contributed by atoms with van der Waals surface area (Å²) in [4.78, 5) is 12.1. The van der Waals surface area contributed by atoms with E-state index in [1.54, 1.807) is 0 Å². The summed E-state index contributed by atoms with van der Waals surface area (Å²) in [6.07, 6.45) is 0. The molecule has 0 aromatic heterocycles. The Bertz CT molecular complexity index is 686. The molecule has 0 saturated carbocycles. The van der Waals surface area contributed by atoms with E-state index in [9.17, 15) is 13.6 Å². The van der Waals surface area contributed by atoms with Gasteiger partial charge in [0, 0.05) is 10.0 Å². The number of carbonyl (C=O) groups excluding carboxylic acids is 1. The van der Waals surface area contributed by atoms with E-state index in [0.29, 0.717) is 0 Å². The Morgan fingerprint density at radius 3 is 2.57 bits per heavy atom. The highest BCUT2D eigenvalue weighted by molar-refractivity contribution is 9.10. The van der Waals surface area contributed by atoms with Crippen LogP contribution in [0.4, 0.5) is 14.5 Å². The number of ether oxygens (including phenoxy) is 1. The van der Waals surface area contributed by atoms with E-state index in [2.05, 4.69) is 21.2 Å². The fourth-order valence-electron chi connectivity index (χ4n) is 1.65. The molecule has 0 atom stereocenters. The van der Waals surface area contributed by atoms with Gasteiger partial charge in [-0.2, -0.15) is 0 Å². The van der Waals surface area contributed by atoms with Gasteiger partial charge >= 0.3 is 0 Å². The predicted octanol–water partition coefficient (Wildman–Crippen LogP) is 4.64. The summed E-state index contributed by atoms with van der Waals surface area (Å²) >= 11 is 8.97. The minimum Gasteiger partial charge on any atom is -0.494 e. The molecular formula is C14H9BrClF2NO2. The molecule has 2 aromatic rings. The van der Waals surface area contributed by atoms with Gasteiger partial charge in [0.25, 0.3) is 5.91 Å². The lowest BCUT2D eigenvalue weighted by Gasteiger charge is -2.10. The first-order valence-electron chi connectivity index (χ1n) is 5.72. The number of nitrogens with one attached hydrogen (secondary N) is 1. The summed E-state index contributed by atoms with van der Waals surface area (Å²) < 4.78 is 31.7. The van der Waals surface area contributed by atoms with Crippen molar-refractivity contribution in [3.63, 3.8) is 0 Å². The third-order valence-corrected chi connectivity index (χ3v) is 3.58. The van der Waals surface area contributed by atoms with Crippen molar-refractivity contribution in [2.45, 2.75) is 0 Å². The van der Waals surface area contributed by atoms with Crippen LogP contribution >= 0.6 is 27.5 Å². The molecular weight excluding hydrogens is 368 g/mol. The molecule has 0 heterocycles. The van der Waals surface area contributed by atoms with Gasteiger partial charge in [0.05, 0.1) is 17.8 Å². The monoisotopic (exact) mass is 375 g/mol. The molecule has 21 heavy (non-hydrogen) atoms. The van der Waals surface area contributed by atoms with Crippen LogP contribution in [-0.2, 0) is 0 Å². The van der Waals surface area contributed by atoms with Crippen LogP contribution in [0.3, 0.4) is 0 Å². The first kappa shape index (κ1) is 15.7. The largest absolute Gasteiger partial charge is 0.494 e. The van der Waals surface area contributed by atoms with E-state index in [-0.39, 0.29) is 26.5 Å². The third kappa shape index (κ3) is 3.51. The van der Waals surface area contributed by atoms with Crippen LogP contribution in [0, 0.1) is 11.6 Å². The van der Waals surface area contributed by atoms with Crippen molar-refractivity contribution in [3.8, 4) is 5.75 Å². The van der Waals surface area contributed by atoms with Gasteiger partial charge in [-0.15, -0.1) is 0 Å². The Kier molecular flexibility index (Phi) is 4.80. The standard InChI is InChI=1S/C14H9BrClF2NO2/c1-21-12-3-2-7(4-11(12)18)14(20)19-13-9(15)5-8(17)6-10(13)16/h2-6H,1H3,(H,19,20). The molecule has 0 fully saturated rings. The van der Waals surface area contributed by atoms with Gasteiger partial charge in [-0.05, 0) is 46.3 Å². The number of anilines is 1. The van der Waals surface area contributed by atoms with Crippen molar-refractivity contribution >= 4 is 39.1 Å². The van der Waals surface area contributed by atoms with Crippen molar-refractivity contribution in [3.05, 3.63) is 57.0 Å². The second-order valence-corrected chi connectivity index (χ2v) is 5.31. The zero-order valence-electron chi connectivity index (χ0n) is 10.7. The maximum absolute atomic E-state index is 13.6. The minimum atomic E-state index is -0.658. The highest BCUT2D eigenvalue weighted by Gasteiger charge is 2.14. The molecule has 0 radical (unpaired) electrons. The fraction of sp³-hybridized carbons (Fsp3) is 0.0714. The summed E-state index contributed by atoms with van der Waals surface area (Å²) in [5.74, 6) is -1.74. The molecule has 3 nitrogen and oxygen atoms in total. The van der Waals surface area contributed by atoms with Gasteiger partial charge in [-0.1, -0.05) is 11.6 Å². The summed E-state index contributed by atoms with van der Waals surface area (Å²) in [7, 11) is 1.33. The number of methoxy groups -OCH3 is 1. The fourth-order valence-corrected chi connectivity index (χ4v) is 2.55. The molecule has 1 amide bonds. The summed E-state index contributed by atoms with van der Waals surface area (Å²) in [6.45, 7) is 0. The normalized spacial score (nSPS) is 10.3. The number of halogens is 4. The van der Waals surface area contributed by atoms with E-state index < -0.39 is 17.5 Å². The van der Waals surface area contributed by atoms with Crippen molar-refractivity contribution in [1.82, 2.24) is 0 Å². The van der Waals surface area contributed by atoms with Crippen molar-refractivity contribution in [2.24, 2.45) is 0 Å². The van der Waals surface area contributed by atoms with Gasteiger partial charge in [0.1, 0.15) is 5.82 Å². The number of amides is 1. The molecule has 0 unspecified atom stereocenters. The van der Waals surface area contributed by atoms with Crippen LogP contribution in [0.5, 0.6) is 5.75 Å². The Balaban J connectivity index is 2.28. The van der Waals surface area contributed by atoms with Crippen molar-refractivity contribution < 1.29 is 18.3 Å². The van der Waals surface area contributed by atoms with Gasteiger partial charge in [0.15, 0.2) is 11.6 Å². The third-order valence-electron chi connectivity index (χ3n) is 2.66. The molecule has 0 aliphatic heterocycles. The van der Waals surface area contributed by atoms with E-state index in [1.807, 2.05) is 0 Å². The Hall–Kier alpha value is -1.66. The number of hydrogen-bond acceptors (Lipinski definition) is 2. The van der Waals surface area contributed by atoms with Crippen LogP contribution in [0.25, 0.3) is 0 Å². The number of rotatable bonds is 3. The number of carbonyl (C=O) groups is 1. The van der Waals surface area contributed by atoms with E-state index in [1.165, 1.54) is 19.2 Å². The Morgan fingerprint density at radius 1 is 1.29 bits per heavy atom. The van der Waals surface area contributed by atoms with Crippen LogP contribution in [-0.4, -0.2) is 13.0 Å². The maximum atomic E-state index is 13.6.